The summed E-state index contributed by atoms with van der Waals surface area (Å²) in [5.74, 6) is 1.35. The molecule has 0 fully saturated rings. The highest BCUT2D eigenvalue weighted by molar-refractivity contribution is 5.64. The first-order chi connectivity index (χ1) is 6.83. The number of nitrogens with zero attached hydrogens (tertiary/aromatic N) is 1. The lowest BCUT2D eigenvalue weighted by molar-refractivity contribution is 0.320. The predicted molar refractivity (Wildman–Crippen MR) is 53.5 cm³/mol. The lowest BCUT2D eigenvalue weighted by Gasteiger charge is -2.10. The Bertz CT molecular complexity index is 323. The van der Waals surface area contributed by atoms with E-state index in [0.29, 0.717) is 17.9 Å². The van der Waals surface area contributed by atoms with E-state index in [1.807, 2.05) is 18.2 Å². The molecule has 0 atom stereocenters. The number of para-hydroxylation sites is 1. The van der Waals surface area contributed by atoms with Crippen LogP contribution in [0.1, 0.15) is 5.56 Å². The van der Waals surface area contributed by atoms with Gasteiger partial charge in [0.2, 0.25) is 0 Å². The van der Waals surface area contributed by atoms with Crippen molar-refractivity contribution in [2.75, 3.05) is 14.2 Å². The van der Waals surface area contributed by atoms with Crippen LogP contribution in [0, 0.1) is 0 Å². The molecule has 0 radical (unpaired) electrons. The highest BCUT2D eigenvalue weighted by Gasteiger charge is 2.07. The summed E-state index contributed by atoms with van der Waals surface area (Å²) in [4.78, 5) is 0. The number of methoxy groups -OCH3 is 2. The maximum Gasteiger partial charge on any atom is 0.164 e. The minimum Gasteiger partial charge on any atom is -0.493 e. The van der Waals surface area contributed by atoms with Gasteiger partial charge in [-0.15, -0.1) is 5.16 Å². The van der Waals surface area contributed by atoms with Gasteiger partial charge in [-0.1, -0.05) is 12.1 Å². The Hall–Kier alpha value is -1.71. The second-order valence-electron chi connectivity index (χ2n) is 2.65. The Balaban J connectivity index is 3.02. The summed E-state index contributed by atoms with van der Waals surface area (Å²) in [6.45, 7) is 0. The third-order valence-corrected chi connectivity index (χ3v) is 1.88. The number of ether oxygens (including phenoxy) is 2. The van der Waals surface area contributed by atoms with Crippen LogP contribution in [0.2, 0.25) is 0 Å². The molecule has 0 amide bonds. The Morgan fingerprint density at radius 2 is 2.14 bits per heavy atom. The molecule has 0 unspecified atom stereocenters. The fourth-order valence-corrected chi connectivity index (χ4v) is 1.25. The van der Waals surface area contributed by atoms with Gasteiger partial charge in [0.1, 0.15) is 0 Å². The lowest BCUT2D eigenvalue weighted by Crippen LogP contribution is -1.96. The van der Waals surface area contributed by atoms with Gasteiger partial charge in [-0.3, -0.25) is 0 Å². The van der Waals surface area contributed by atoms with Crippen molar-refractivity contribution in [1.82, 2.24) is 0 Å². The van der Waals surface area contributed by atoms with E-state index in [1.54, 1.807) is 14.2 Å². The van der Waals surface area contributed by atoms with Crippen molar-refractivity contribution in [2.45, 2.75) is 6.42 Å². The number of benzene rings is 1. The number of hydrogen-bond donors (Lipinski definition) is 1. The van der Waals surface area contributed by atoms with Crippen molar-refractivity contribution in [3.8, 4) is 11.5 Å². The monoisotopic (exact) mass is 195 g/mol. The van der Waals surface area contributed by atoms with E-state index in [9.17, 15) is 0 Å². The standard InChI is InChI=1S/C10H13NO3/c1-13-9-5-3-4-8(6-7-11-12)10(9)14-2/h3-5,7,12H,6H2,1-2H3/b11-7+. The van der Waals surface area contributed by atoms with Crippen molar-refractivity contribution in [2.24, 2.45) is 5.16 Å². The second-order valence-corrected chi connectivity index (χ2v) is 2.65. The van der Waals surface area contributed by atoms with Crippen molar-refractivity contribution < 1.29 is 14.7 Å². The van der Waals surface area contributed by atoms with E-state index < -0.39 is 0 Å². The first kappa shape index (κ1) is 10.4. The Morgan fingerprint density at radius 3 is 2.71 bits per heavy atom. The molecule has 0 aliphatic rings. The fraction of sp³-hybridized carbons (Fsp3) is 0.300. The van der Waals surface area contributed by atoms with E-state index in [0.717, 1.165) is 5.56 Å². The van der Waals surface area contributed by atoms with Crippen LogP contribution in [-0.4, -0.2) is 25.6 Å². The van der Waals surface area contributed by atoms with Crippen LogP contribution in [0.15, 0.2) is 23.4 Å². The van der Waals surface area contributed by atoms with Crippen LogP contribution in [0.3, 0.4) is 0 Å². The first-order valence-electron chi connectivity index (χ1n) is 4.19. The summed E-state index contributed by atoms with van der Waals surface area (Å²) in [7, 11) is 3.17. The molecule has 1 aromatic rings. The van der Waals surface area contributed by atoms with Gasteiger partial charge in [0.25, 0.3) is 0 Å². The minimum atomic E-state index is 0.511. The molecule has 0 bridgehead atoms. The zero-order chi connectivity index (χ0) is 10.4. The predicted octanol–water partition coefficient (Wildman–Crippen LogP) is 1.71. The quantitative estimate of drug-likeness (QED) is 0.452. The van der Waals surface area contributed by atoms with E-state index in [4.69, 9.17) is 14.7 Å². The number of hydrogen-bond acceptors (Lipinski definition) is 4. The molecule has 4 nitrogen and oxygen atoms in total. The van der Waals surface area contributed by atoms with Crippen LogP contribution >= 0.6 is 0 Å². The molecule has 76 valence electrons. The smallest absolute Gasteiger partial charge is 0.164 e. The topological polar surface area (TPSA) is 51.0 Å². The molecule has 0 spiro atoms. The maximum atomic E-state index is 8.32. The van der Waals surface area contributed by atoms with Crippen LogP contribution in [0.25, 0.3) is 0 Å². The van der Waals surface area contributed by atoms with Crippen molar-refractivity contribution in [3.63, 3.8) is 0 Å². The average molecular weight is 195 g/mol. The van der Waals surface area contributed by atoms with Gasteiger partial charge in [-0.05, 0) is 6.07 Å². The van der Waals surface area contributed by atoms with Crippen molar-refractivity contribution in [3.05, 3.63) is 23.8 Å². The Kier molecular flexibility index (Phi) is 3.79. The van der Waals surface area contributed by atoms with Gasteiger partial charge in [-0.2, -0.15) is 0 Å². The van der Waals surface area contributed by atoms with E-state index in [2.05, 4.69) is 5.16 Å². The molecule has 0 aromatic heterocycles. The fourth-order valence-electron chi connectivity index (χ4n) is 1.25. The van der Waals surface area contributed by atoms with E-state index in [-0.39, 0.29) is 0 Å². The SMILES string of the molecule is COc1cccc(C/C=N/O)c1OC. The molecule has 1 aromatic carbocycles. The molecule has 1 N–H and O–H groups in total. The third kappa shape index (κ3) is 2.16. The normalized spacial score (nSPS) is 10.4. The van der Waals surface area contributed by atoms with Gasteiger partial charge in [-0.25, -0.2) is 0 Å². The summed E-state index contributed by atoms with van der Waals surface area (Å²) in [6.07, 6.45) is 1.91. The van der Waals surface area contributed by atoms with Crippen molar-refractivity contribution in [1.29, 1.82) is 0 Å². The summed E-state index contributed by atoms with van der Waals surface area (Å²) in [5, 5.41) is 11.3. The zero-order valence-electron chi connectivity index (χ0n) is 8.23. The molecule has 0 heterocycles. The van der Waals surface area contributed by atoms with Crippen LogP contribution in [0.5, 0.6) is 11.5 Å². The largest absolute Gasteiger partial charge is 0.493 e. The summed E-state index contributed by atoms with van der Waals surface area (Å²) < 4.78 is 10.3. The first-order valence-corrected chi connectivity index (χ1v) is 4.19. The lowest BCUT2D eigenvalue weighted by atomic mass is 10.1. The molecule has 0 saturated carbocycles. The molecule has 4 heteroatoms. The summed E-state index contributed by atoms with van der Waals surface area (Å²) in [5.41, 5.74) is 0.921. The van der Waals surface area contributed by atoms with Crippen LogP contribution in [-0.2, 0) is 6.42 Å². The number of oxime groups is 1. The van der Waals surface area contributed by atoms with Crippen LogP contribution < -0.4 is 9.47 Å². The molecular weight excluding hydrogens is 182 g/mol. The van der Waals surface area contributed by atoms with Crippen LogP contribution in [0.4, 0.5) is 0 Å². The third-order valence-electron chi connectivity index (χ3n) is 1.88. The average Bonchev–Trinajstić information content (AvgIpc) is 2.25. The van der Waals surface area contributed by atoms with Gasteiger partial charge in [0, 0.05) is 18.2 Å². The highest BCUT2D eigenvalue weighted by Crippen LogP contribution is 2.30. The molecular formula is C10H13NO3. The molecule has 0 saturated heterocycles. The Labute approximate surface area is 82.8 Å². The summed E-state index contributed by atoms with van der Waals surface area (Å²) in [6, 6.07) is 5.57. The minimum absolute atomic E-state index is 0.511. The van der Waals surface area contributed by atoms with E-state index in [1.165, 1.54) is 6.21 Å². The molecule has 0 aliphatic carbocycles. The maximum absolute atomic E-state index is 8.32. The van der Waals surface area contributed by atoms with Gasteiger partial charge in [0.15, 0.2) is 11.5 Å². The van der Waals surface area contributed by atoms with Gasteiger partial charge >= 0.3 is 0 Å². The second kappa shape index (κ2) is 5.11. The molecule has 14 heavy (non-hydrogen) atoms. The van der Waals surface area contributed by atoms with Crippen molar-refractivity contribution >= 4 is 6.21 Å². The summed E-state index contributed by atoms with van der Waals surface area (Å²) >= 11 is 0. The molecule has 1 rings (SSSR count). The van der Waals surface area contributed by atoms with Gasteiger partial charge < -0.3 is 14.7 Å². The Morgan fingerprint density at radius 1 is 1.36 bits per heavy atom. The highest BCUT2D eigenvalue weighted by atomic mass is 16.5. The zero-order valence-corrected chi connectivity index (χ0v) is 8.23. The van der Waals surface area contributed by atoms with Gasteiger partial charge in [0.05, 0.1) is 14.2 Å². The molecule has 0 aliphatic heterocycles. The number of rotatable bonds is 4. The van der Waals surface area contributed by atoms with E-state index >= 15 is 0 Å².